The molecule has 0 atom stereocenters. The van der Waals surface area contributed by atoms with Crippen molar-refractivity contribution >= 4 is 0 Å². The first-order chi connectivity index (χ1) is 6.90. The van der Waals surface area contributed by atoms with E-state index in [4.69, 9.17) is 5.73 Å². The fourth-order valence-corrected chi connectivity index (χ4v) is 2.53. The predicted molar refractivity (Wildman–Crippen MR) is 55.0 cm³/mol. The molecular formula is C11H17N3. The van der Waals surface area contributed by atoms with Crippen molar-refractivity contribution < 1.29 is 0 Å². The average molecular weight is 191 g/mol. The number of aromatic nitrogens is 2. The molecule has 0 saturated heterocycles. The highest BCUT2D eigenvalue weighted by atomic mass is 15.2. The van der Waals surface area contributed by atoms with E-state index in [1.165, 1.54) is 49.9 Å². The summed E-state index contributed by atoms with van der Waals surface area (Å²) in [6.45, 7) is 0.601. The Labute approximate surface area is 84.3 Å². The minimum atomic E-state index is 0.601. The molecule has 0 spiro atoms. The standard InChI is InChI=1S/C11H17N3/c12-7-11-13-9-3-1-2-4-10(9)14(11)8-5-6-8/h8H,1-7,12H2. The average Bonchev–Trinajstić information content (AvgIpc) is 2.98. The van der Waals surface area contributed by atoms with Crippen LogP contribution in [0.3, 0.4) is 0 Å². The van der Waals surface area contributed by atoms with Crippen LogP contribution in [0, 0.1) is 0 Å². The number of nitrogens with zero attached hydrogens (tertiary/aromatic N) is 2. The molecule has 1 fully saturated rings. The van der Waals surface area contributed by atoms with E-state index in [1.807, 2.05) is 0 Å². The second-order valence-corrected chi connectivity index (χ2v) is 4.43. The van der Waals surface area contributed by atoms with Crippen LogP contribution in [0.1, 0.15) is 48.9 Å². The molecule has 0 radical (unpaired) electrons. The Bertz CT molecular complexity index is 350. The smallest absolute Gasteiger partial charge is 0.123 e. The summed E-state index contributed by atoms with van der Waals surface area (Å²) < 4.78 is 2.44. The van der Waals surface area contributed by atoms with E-state index in [9.17, 15) is 0 Å². The summed E-state index contributed by atoms with van der Waals surface area (Å²) in [7, 11) is 0. The van der Waals surface area contributed by atoms with Crippen molar-refractivity contribution in [2.75, 3.05) is 0 Å². The van der Waals surface area contributed by atoms with Crippen LogP contribution in [-0.4, -0.2) is 9.55 Å². The van der Waals surface area contributed by atoms with Gasteiger partial charge < -0.3 is 10.3 Å². The van der Waals surface area contributed by atoms with Gasteiger partial charge >= 0.3 is 0 Å². The molecule has 3 heteroatoms. The predicted octanol–water partition coefficient (Wildman–Crippen LogP) is 1.56. The zero-order valence-corrected chi connectivity index (χ0v) is 8.50. The van der Waals surface area contributed by atoms with E-state index < -0.39 is 0 Å². The second kappa shape index (κ2) is 3.09. The maximum Gasteiger partial charge on any atom is 0.123 e. The Kier molecular flexibility index (Phi) is 1.87. The Morgan fingerprint density at radius 3 is 2.79 bits per heavy atom. The fraction of sp³-hybridized carbons (Fsp3) is 0.727. The van der Waals surface area contributed by atoms with Gasteiger partial charge in [-0.3, -0.25) is 0 Å². The Morgan fingerprint density at radius 2 is 2.07 bits per heavy atom. The summed E-state index contributed by atoms with van der Waals surface area (Å²) in [5.74, 6) is 1.12. The molecule has 3 rings (SSSR count). The molecule has 1 aromatic heterocycles. The maximum atomic E-state index is 5.74. The second-order valence-electron chi connectivity index (χ2n) is 4.43. The topological polar surface area (TPSA) is 43.8 Å². The van der Waals surface area contributed by atoms with Crippen LogP contribution in [-0.2, 0) is 19.4 Å². The molecule has 0 bridgehead atoms. The zero-order valence-electron chi connectivity index (χ0n) is 8.50. The van der Waals surface area contributed by atoms with Gasteiger partial charge in [0.2, 0.25) is 0 Å². The zero-order chi connectivity index (χ0) is 9.54. The molecule has 3 nitrogen and oxygen atoms in total. The normalized spacial score (nSPS) is 20.9. The van der Waals surface area contributed by atoms with Gasteiger partial charge in [0.25, 0.3) is 0 Å². The van der Waals surface area contributed by atoms with Crippen molar-refractivity contribution in [3.63, 3.8) is 0 Å². The lowest BCUT2D eigenvalue weighted by Gasteiger charge is -2.14. The minimum Gasteiger partial charge on any atom is -0.328 e. The number of nitrogens with two attached hydrogens (primary N) is 1. The van der Waals surface area contributed by atoms with Gasteiger partial charge in [-0.25, -0.2) is 4.98 Å². The summed E-state index contributed by atoms with van der Waals surface area (Å²) in [5, 5.41) is 0. The molecule has 2 N–H and O–H groups in total. The van der Waals surface area contributed by atoms with Gasteiger partial charge in [-0.15, -0.1) is 0 Å². The summed E-state index contributed by atoms with van der Waals surface area (Å²) in [4.78, 5) is 4.67. The highest BCUT2D eigenvalue weighted by molar-refractivity contribution is 5.22. The maximum absolute atomic E-state index is 5.74. The van der Waals surface area contributed by atoms with Crippen molar-refractivity contribution in [3.05, 3.63) is 17.2 Å². The molecule has 14 heavy (non-hydrogen) atoms. The molecule has 2 aliphatic carbocycles. The first-order valence-electron chi connectivity index (χ1n) is 5.69. The third-order valence-electron chi connectivity index (χ3n) is 3.34. The Hall–Kier alpha value is -0.830. The quantitative estimate of drug-likeness (QED) is 0.771. The molecule has 2 aliphatic rings. The van der Waals surface area contributed by atoms with Crippen molar-refractivity contribution in [3.8, 4) is 0 Å². The number of aryl methyl sites for hydroxylation is 1. The Balaban J connectivity index is 2.08. The van der Waals surface area contributed by atoms with Crippen molar-refractivity contribution in [2.45, 2.75) is 51.1 Å². The monoisotopic (exact) mass is 191 g/mol. The number of fused-ring (bicyclic) bond motifs is 1. The summed E-state index contributed by atoms with van der Waals surface area (Å²) >= 11 is 0. The lowest BCUT2D eigenvalue weighted by Crippen LogP contribution is -2.11. The van der Waals surface area contributed by atoms with Gasteiger partial charge in [-0.2, -0.15) is 0 Å². The van der Waals surface area contributed by atoms with Gasteiger partial charge in [0.15, 0.2) is 0 Å². The number of imidazole rings is 1. The Morgan fingerprint density at radius 1 is 1.29 bits per heavy atom. The molecule has 0 aromatic carbocycles. The van der Waals surface area contributed by atoms with E-state index in [0.29, 0.717) is 6.54 Å². The van der Waals surface area contributed by atoms with Gasteiger partial charge in [0, 0.05) is 11.7 Å². The van der Waals surface area contributed by atoms with Gasteiger partial charge in [0.05, 0.1) is 12.2 Å². The molecule has 1 aromatic rings. The van der Waals surface area contributed by atoms with Crippen LogP contribution in [0.15, 0.2) is 0 Å². The largest absolute Gasteiger partial charge is 0.328 e. The van der Waals surface area contributed by atoms with Gasteiger partial charge in [0.1, 0.15) is 5.82 Å². The summed E-state index contributed by atoms with van der Waals surface area (Å²) in [6, 6.07) is 0.739. The molecular weight excluding hydrogens is 174 g/mol. The van der Waals surface area contributed by atoms with E-state index in [2.05, 4.69) is 9.55 Å². The fourth-order valence-electron chi connectivity index (χ4n) is 2.53. The molecule has 0 aliphatic heterocycles. The molecule has 76 valence electrons. The third-order valence-corrected chi connectivity index (χ3v) is 3.34. The number of hydrogen-bond donors (Lipinski definition) is 1. The van der Waals surface area contributed by atoms with Crippen LogP contribution >= 0.6 is 0 Å². The van der Waals surface area contributed by atoms with Crippen LogP contribution in [0.2, 0.25) is 0 Å². The molecule has 1 saturated carbocycles. The molecule has 0 amide bonds. The SMILES string of the molecule is NCc1nc2c(n1C1CC1)CCCC2. The van der Waals surface area contributed by atoms with Crippen molar-refractivity contribution in [2.24, 2.45) is 5.73 Å². The summed E-state index contributed by atoms with van der Waals surface area (Å²) in [6.07, 6.45) is 7.68. The van der Waals surface area contributed by atoms with Crippen LogP contribution < -0.4 is 5.73 Å². The van der Waals surface area contributed by atoms with E-state index in [0.717, 1.165) is 11.9 Å². The van der Waals surface area contributed by atoms with Crippen LogP contribution in [0.4, 0.5) is 0 Å². The van der Waals surface area contributed by atoms with E-state index >= 15 is 0 Å². The van der Waals surface area contributed by atoms with E-state index in [-0.39, 0.29) is 0 Å². The first kappa shape index (κ1) is 8.48. The third kappa shape index (κ3) is 1.19. The number of rotatable bonds is 2. The molecule has 1 heterocycles. The highest BCUT2D eigenvalue weighted by Crippen LogP contribution is 2.39. The minimum absolute atomic E-state index is 0.601. The van der Waals surface area contributed by atoms with Gasteiger partial charge in [-0.05, 0) is 38.5 Å². The van der Waals surface area contributed by atoms with E-state index in [1.54, 1.807) is 0 Å². The number of hydrogen-bond acceptors (Lipinski definition) is 2. The lowest BCUT2D eigenvalue weighted by atomic mass is 10.0. The van der Waals surface area contributed by atoms with Crippen LogP contribution in [0.25, 0.3) is 0 Å². The van der Waals surface area contributed by atoms with Crippen molar-refractivity contribution in [1.29, 1.82) is 0 Å². The lowest BCUT2D eigenvalue weighted by molar-refractivity contribution is 0.600. The summed E-state index contributed by atoms with van der Waals surface area (Å²) in [5.41, 5.74) is 8.58. The van der Waals surface area contributed by atoms with Crippen LogP contribution in [0.5, 0.6) is 0 Å². The first-order valence-corrected chi connectivity index (χ1v) is 5.69. The molecule has 0 unspecified atom stereocenters. The van der Waals surface area contributed by atoms with Gasteiger partial charge in [-0.1, -0.05) is 0 Å². The van der Waals surface area contributed by atoms with Crippen molar-refractivity contribution in [1.82, 2.24) is 9.55 Å². The highest BCUT2D eigenvalue weighted by Gasteiger charge is 2.30.